The molecule has 3 heteroatoms. The Labute approximate surface area is 123 Å². The van der Waals surface area contributed by atoms with Gasteiger partial charge < -0.3 is 10.2 Å². The Bertz CT molecular complexity index is 403. The fourth-order valence-corrected chi connectivity index (χ4v) is 3.11. The van der Waals surface area contributed by atoms with Crippen molar-refractivity contribution < 1.29 is 0 Å². The number of anilines is 1. The first-order valence-electron chi connectivity index (χ1n) is 8.12. The van der Waals surface area contributed by atoms with Gasteiger partial charge in [-0.3, -0.25) is 0 Å². The Kier molecular flexibility index (Phi) is 5.84. The molecule has 112 valence electrons. The predicted octanol–water partition coefficient (Wildman–Crippen LogP) is 3.45. The third kappa shape index (κ3) is 3.95. The lowest BCUT2D eigenvalue weighted by atomic mass is 9.89. The standard InChI is InChI=1S/C17H29N3/c1-4-18-13-16-7-5-10-19-17(16)20-11-6-8-15(9-12-20)14(2)3/h5,7,10,14-15,18H,4,6,8-9,11-13H2,1-3H3. The van der Waals surface area contributed by atoms with Gasteiger partial charge in [-0.15, -0.1) is 0 Å². The molecule has 1 saturated heterocycles. The second kappa shape index (κ2) is 7.63. The minimum Gasteiger partial charge on any atom is -0.356 e. The highest BCUT2D eigenvalue weighted by Crippen LogP contribution is 2.27. The molecule has 1 fully saturated rings. The lowest BCUT2D eigenvalue weighted by Gasteiger charge is -2.24. The molecule has 1 unspecified atom stereocenters. The number of rotatable bonds is 5. The van der Waals surface area contributed by atoms with Crippen molar-refractivity contribution in [1.82, 2.24) is 10.3 Å². The molecule has 0 aliphatic carbocycles. The van der Waals surface area contributed by atoms with Crippen molar-refractivity contribution in [1.29, 1.82) is 0 Å². The molecule has 2 heterocycles. The van der Waals surface area contributed by atoms with Crippen LogP contribution in [0.4, 0.5) is 5.82 Å². The molecule has 1 N–H and O–H groups in total. The summed E-state index contributed by atoms with van der Waals surface area (Å²) in [5.74, 6) is 2.87. The summed E-state index contributed by atoms with van der Waals surface area (Å²) in [5.41, 5.74) is 1.33. The van der Waals surface area contributed by atoms with Crippen LogP contribution in [0.1, 0.15) is 45.6 Å². The smallest absolute Gasteiger partial charge is 0.133 e. The normalized spacial score (nSPS) is 20.2. The molecule has 20 heavy (non-hydrogen) atoms. The zero-order chi connectivity index (χ0) is 14.4. The van der Waals surface area contributed by atoms with Gasteiger partial charge in [-0.2, -0.15) is 0 Å². The van der Waals surface area contributed by atoms with Crippen LogP contribution in [0, 0.1) is 11.8 Å². The number of nitrogens with one attached hydrogen (secondary N) is 1. The first-order chi connectivity index (χ1) is 9.72. The molecule has 1 atom stereocenters. The van der Waals surface area contributed by atoms with Crippen LogP contribution < -0.4 is 10.2 Å². The van der Waals surface area contributed by atoms with E-state index in [0.29, 0.717) is 0 Å². The quantitative estimate of drug-likeness (QED) is 0.892. The van der Waals surface area contributed by atoms with E-state index in [1.165, 1.54) is 30.6 Å². The molecule has 1 aliphatic heterocycles. The van der Waals surface area contributed by atoms with Gasteiger partial charge in [0.2, 0.25) is 0 Å². The van der Waals surface area contributed by atoms with Crippen LogP contribution in [0.15, 0.2) is 18.3 Å². The van der Waals surface area contributed by atoms with Crippen LogP contribution in [0.5, 0.6) is 0 Å². The van der Waals surface area contributed by atoms with Gasteiger partial charge >= 0.3 is 0 Å². The number of pyridine rings is 1. The van der Waals surface area contributed by atoms with E-state index in [0.717, 1.165) is 38.0 Å². The van der Waals surface area contributed by atoms with Crippen LogP contribution in [-0.2, 0) is 6.54 Å². The first kappa shape index (κ1) is 15.3. The molecule has 1 aromatic heterocycles. The van der Waals surface area contributed by atoms with E-state index in [4.69, 9.17) is 0 Å². The Hall–Kier alpha value is -1.09. The summed E-state index contributed by atoms with van der Waals surface area (Å²) in [6.07, 6.45) is 5.88. The summed E-state index contributed by atoms with van der Waals surface area (Å²) in [4.78, 5) is 7.15. The second-order valence-electron chi connectivity index (χ2n) is 6.19. The van der Waals surface area contributed by atoms with Crippen LogP contribution in [0.25, 0.3) is 0 Å². The van der Waals surface area contributed by atoms with Gasteiger partial charge in [0.1, 0.15) is 5.82 Å². The fourth-order valence-electron chi connectivity index (χ4n) is 3.11. The van der Waals surface area contributed by atoms with Gasteiger partial charge in [0, 0.05) is 31.4 Å². The van der Waals surface area contributed by atoms with Gasteiger partial charge in [-0.25, -0.2) is 4.98 Å². The molecule has 3 nitrogen and oxygen atoms in total. The van der Waals surface area contributed by atoms with Crippen molar-refractivity contribution in [3.05, 3.63) is 23.9 Å². The largest absolute Gasteiger partial charge is 0.356 e. The molecule has 0 bridgehead atoms. The molecular weight excluding hydrogens is 246 g/mol. The van der Waals surface area contributed by atoms with E-state index < -0.39 is 0 Å². The molecule has 2 rings (SSSR count). The second-order valence-corrected chi connectivity index (χ2v) is 6.19. The number of aromatic nitrogens is 1. The average Bonchev–Trinajstić information content (AvgIpc) is 2.71. The number of hydrogen-bond donors (Lipinski definition) is 1. The predicted molar refractivity (Wildman–Crippen MR) is 86.0 cm³/mol. The molecule has 0 amide bonds. The fraction of sp³-hybridized carbons (Fsp3) is 0.706. The highest BCUT2D eigenvalue weighted by molar-refractivity contribution is 5.46. The van der Waals surface area contributed by atoms with E-state index in [1.807, 2.05) is 12.3 Å². The van der Waals surface area contributed by atoms with Crippen LogP contribution in [0.2, 0.25) is 0 Å². The monoisotopic (exact) mass is 275 g/mol. The number of nitrogens with zero attached hydrogens (tertiary/aromatic N) is 2. The minimum atomic E-state index is 0.805. The Balaban J connectivity index is 2.07. The van der Waals surface area contributed by atoms with Crippen LogP contribution in [0.3, 0.4) is 0 Å². The maximum atomic E-state index is 4.65. The summed E-state index contributed by atoms with van der Waals surface area (Å²) in [6.45, 7) is 11.1. The Morgan fingerprint density at radius 2 is 2.20 bits per heavy atom. The van der Waals surface area contributed by atoms with Gasteiger partial charge in [-0.1, -0.05) is 26.8 Å². The van der Waals surface area contributed by atoms with E-state index in [1.54, 1.807) is 0 Å². The molecule has 0 radical (unpaired) electrons. The van der Waals surface area contributed by atoms with Crippen LogP contribution >= 0.6 is 0 Å². The molecule has 0 saturated carbocycles. The van der Waals surface area contributed by atoms with Crippen molar-refractivity contribution in [3.8, 4) is 0 Å². The zero-order valence-electron chi connectivity index (χ0n) is 13.2. The van der Waals surface area contributed by atoms with E-state index >= 15 is 0 Å². The van der Waals surface area contributed by atoms with Crippen molar-refractivity contribution in [2.45, 2.75) is 46.6 Å². The molecular formula is C17H29N3. The van der Waals surface area contributed by atoms with Gasteiger partial charge in [-0.05, 0) is 43.7 Å². The van der Waals surface area contributed by atoms with Crippen molar-refractivity contribution in [3.63, 3.8) is 0 Å². The highest BCUT2D eigenvalue weighted by atomic mass is 15.2. The highest BCUT2D eigenvalue weighted by Gasteiger charge is 2.21. The zero-order valence-corrected chi connectivity index (χ0v) is 13.2. The summed E-state index contributed by atoms with van der Waals surface area (Å²) in [5, 5.41) is 3.42. The SMILES string of the molecule is CCNCc1cccnc1N1CCCC(C(C)C)CC1. The number of hydrogen-bond acceptors (Lipinski definition) is 3. The molecule has 0 spiro atoms. The van der Waals surface area contributed by atoms with Crippen molar-refractivity contribution in [2.24, 2.45) is 11.8 Å². The van der Waals surface area contributed by atoms with Crippen molar-refractivity contribution in [2.75, 3.05) is 24.5 Å². The molecule has 1 aliphatic rings. The van der Waals surface area contributed by atoms with E-state index in [-0.39, 0.29) is 0 Å². The van der Waals surface area contributed by atoms with Gasteiger partial charge in [0.05, 0.1) is 0 Å². The topological polar surface area (TPSA) is 28.2 Å². The molecule has 1 aromatic rings. The van der Waals surface area contributed by atoms with Gasteiger partial charge in [0.25, 0.3) is 0 Å². The summed E-state index contributed by atoms with van der Waals surface area (Å²) < 4.78 is 0. The lowest BCUT2D eigenvalue weighted by molar-refractivity contribution is 0.351. The van der Waals surface area contributed by atoms with Crippen molar-refractivity contribution >= 4 is 5.82 Å². The lowest BCUT2D eigenvalue weighted by Crippen LogP contribution is -2.27. The summed E-state index contributed by atoms with van der Waals surface area (Å²) in [6, 6.07) is 4.25. The van der Waals surface area contributed by atoms with Gasteiger partial charge in [0.15, 0.2) is 0 Å². The van der Waals surface area contributed by atoms with E-state index in [9.17, 15) is 0 Å². The molecule has 0 aromatic carbocycles. The Morgan fingerprint density at radius 1 is 1.35 bits per heavy atom. The van der Waals surface area contributed by atoms with E-state index in [2.05, 4.69) is 42.0 Å². The Morgan fingerprint density at radius 3 is 2.95 bits per heavy atom. The third-order valence-electron chi connectivity index (χ3n) is 4.45. The third-order valence-corrected chi connectivity index (χ3v) is 4.45. The summed E-state index contributed by atoms with van der Waals surface area (Å²) >= 11 is 0. The minimum absolute atomic E-state index is 0.805. The maximum absolute atomic E-state index is 4.65. The first-order valence-corrected chi connectivity index (χ1v) is 8.12. The van der Waals surface area contributed by atoms with Crippen LogP contribution in [-0.4, -0.2) is 24.6 Å². The summed E-state index contributed by atoms with van der Waals surface area (Å²) in [7, 11) is 0. The maximum Gasteiger partial charge on any atom is 0.133 e. The average molecular weight is 275 g/mol.